The third kappa shape index (κ3) is 2.90. The summed E-state index contributed by atoms with van der Waals surface area (Å²) in [5, 5.41) is 9.43. The summed E-state index contributed by atoms with van der Waals surface area (Å²) in [7, 11) is 1.60. The Labute approximate surface area is 102 Å². The molecule has 0 amide bonds. The summed E-state index contributed by atoms with van der Waals surface area (Å²) in [6.45, 7) is 4.78. The molecule has 4 nitrogen and oxygen atoms in total. The maximum atomic E-state index is 9.43. The normalized spacial score (nSPS) is 14.2. The predicted molar refractivity (Wildman–Crippen MR) is 67.7 cm³/mol. The first-order valence-electron chi connectivity index (χ1n) is 5.73. The van der Waals surface area contributed by atoms with E-state index in [9.17, 15) is 5.11 Å². The molecule has 0 aromatic heterocycles. The van der Waals surface area contributed by atoms with Gasteiger partial charge in [-0.1, -0.05) is 13.0 Å². The van der Waals surface area contributed by atoms with Gasteiger partial charge in [0.1, 0.15) is 0 Å². The van der Waals surface area contributed by atoms with Crippen molar-refractivity contribution in [1.82, 2.24) is 0 Å². The van der Waals surface area contributed by atoms with Gasteiger partial charge in [0.15, 0.2) is 11.5 Å². The Morgan fingerprint density at radius 3 is 2.53 bits per heavy atom. The van der Waals surface area contributed by atoms with Gasteiger partial charge in [0, 0.05) is 12.0 Å². The number of hydrogen-bond donors (Lipinski definition) is 2. The largest absolute Gasteiger partial charge is 0.493 e. The van der Waals surface area contributed by atoms with Gasteiger partial charge in [-0.2, -0.15) is 0 Å². The zero-order chi connectivity index (χ0) is 12.9. The van der Waals surface area contributed by atoms with E-state index < -0.39 is 5.41 Å². The van der Waals surface area contributed by atoms with Gasteiger partial charge in [-0.25, -0.2) is 0 Å². The van der Waals surface area contributed by atoms with Crippen LogP contribution in [-0.4, -0.2) is 32.0 Å². The second-order valence-corrected chi connectivity index (χ2v) is 4.22. The monoisotopic (exact) mass is 239 g/mol. The summed E-state index contributed by atoms with van der Waals surface area (Å²) in [5.41, 5.74) is 6.22. The molecule has 1 aromatic rings. The van der Waals surface area contributed by atoms with E-state index in [0.29, 0.717) is 24.7 Å². The molecular formula is C13H21NO3. The highest BCUT2D eigenvalue weighted by molar-refractivity contribution is 5.45. The van der Waals surface area contributed by atoms with E-state index in [2.05, 4.69) is 0 Å². The fourth-order valence-electron chi connectivity index (χ4n) is 1.59. The minimum absolute atomic E-state index is 0.00138. The third-order valence-electron chi connectivity index (χ3n) is 2.96. The fraction of sp³-hybridized carbons (Fsp3) is 0.538. The van der Waals surface area contributed by atoms with Crippen LogP contribution in [0.15, 0.2) is 18.2 Å². The summed E-state index contributed by atoms with van der Waals surface area (Å²) in [5.74, 6) is 1.37. The molecule has 0 aliphatic rings. The highest BCUT2D eigenvalue weighted by Gasteiger charge is 2.25. The van der Waals surface area contributed by atoms with Crippen molar-refractivity contribution in [1.29, 1.82) is 0 Å². The Morgan fingerprint density at radius 2 is 2.06 bits per heavy atom. The lowest BCUT2D eigenvalue weighted by Crippen LogP contribution is -2.35. The first-order valence-corrected chi connectivity index (χ1v) is 5.73. The average Bonchev–Trinajstić information content (AvgIpc) is 2.38. The van der Waals surface area contributed by atoms with Crippen LogP contribution in [0, 0.1) is 0 Å². The number of methoxy groups -OCH3 is 1. The second-order valence-electron chi connectivity index (χ2n) is 4.22. The number of rotatable bonds is 6. The summed E-state index contributed by atoms with van der Waals surface area (Å²) >= 11 is 0. The van der Waals surface area contributed by atoms with Crippen LogP contribution in [0.4, 0.5) is 0 Å². The molecule has 3 N–H and O–H groups in total. The number of benzene rings is 1. The van der Waals surface area contributed by atoms with Crippen LogP contribution in [0.2, 0.25) is 0 Å². The smallest absolute Gasteiger partial charge is 0.161 e. The molecular weight excluding hydrogens is 218 g/mol. The first kappa shape index (κ1) is 13.8. The topological polar surface area (TPSA) is 64.7 Å². The minimum atomic E-state index is -0.446. The quantitative estimate of drug-likeness (QED) is 0.785. The predicted octanol–water partition coefficient (Wildman–Crippen LogP) is 1.30. The Balaban J connectivity index is 3.14. The molecule has 0 aliphatic heterocycles. The van der Waals surface area contributed by atoms with Crippen molar-refractivity contribution in [3.05, 3.63) is 23.8 Å². The average molecular weight is 239 g/mol. The molecule has 0 saturated carbocycles. The van der Waals surface area contributed by atoms with Crippen LogP contribution in [0.5, 0.6) is 11.5 Å². The van der Waals surface area contributed by atoms with Crippen LogP contribution >= 0.6 is 0 Å². The first-order chi connectivity index (χ1) is 8.11. The summed E-state index contributed by atoms with van der Waals surface area (Å²) < 4.78 is 10.7. The molecule has 4 heteroatoms. The van der Waals surface area contributed by atoms with Gasteiger partial charge in [0.05, 0.1) is 20.3 Å². The number of aliphatic hydroxyl groups excluding tert-OH is 1. The Morgan fingerprint density at radius 1 is 1.35 bits per heavy atom. The SMILES string of the molecule is CCOc1cc(C(C)(CN)CO)ccc1OC. The lowest BCUT2D eigenvalue weighted by atomic mass is 9.83. The molecule has 0 saturated heterocycles. The van der Waals surface area contributed by atoms with Crippen molar-refractivity contribution in [2.45, 2.75) is 19.3 Å². The molecule has 0 bridgehead atoms. The molecule has 1 unspecified atom stereocenters. The van der Waals surface area contributed by atoms with E-state index in [1.807, 2.05) is 32.0 Å². The summed E-state index contributed by atoms with van der Waals surface area (Å²) in [6.07, 6.45) is 0. The van der Waals surface area contributed by atoms with E-state index >= 15 is 0 Å². The zero-order valence-corrected chi connectivity index (χ0v) is 10.7. The standard InChI is InChI=1S/C13H21NO3/c1-4-17-12-7-10(5-6-11(12)16-3)13(2,8-14)9-15/h5-7,15H,4,8-9,14H2,1-3H3. The van der Waals surface area contributed by atoms with E-state index in [1.54, 1.807) is 7.11 Å². The van der Waals surface area contributed by atoms with Crippen molar-refractivity contribution >= 4 is 0 Å². The van der Waals surface area contributed by atoms with Crippen molar-refractivity contribution in [2.24, 2.45) is 5.73 Å². The Hall–Kier alpha value is -1.26. The van der Waals surface area contributed by atoms with Crippen LogP contribution in [0.1, 0.15) is 19.4 Å². The molecule has 1 aromatic carbocycles. The molecule has 1 atom stereocenters. The van der Waals surface area contributed by atoms with E-state index in [-0.39, 0.29) is 6.61 Å². The molecule has 96 valence electrons. The molecule has 0 heterocycles. The van der Waals surface area contributed by atoms with Gasteiger partial charge in [0.2, 0.25) is 0 Å². The van der Waals surface area contributed by atoms with E-state index in [4.69, 9.17) is 15.2 Å². The zero-order valence-electron chi connectivity index (χ0n) is 10.7. The third-order valence-corrected chi connectivity index (χ3v) is 2.96. The lowest BCUT2D eigenvalue weighted by molar-refractivity contribution is 0.209. The molecule has 17 heavy (non-hydrogen) atoms. The van der Waals surface area contributed by atoms with E-state index in [0.717, 1.165) is 5.56 Å². The van der Waals surface area contributed by atoms with Gasteiger partial charge in [0.25, 0.3) is 0 Å². The number of hydrogen-bond acceptors (Lipinski definition) is 4. The highest BCUT2D eigenvalue weighted by Crippen LogP contribution is 2.32. The highest BCUT2D eigenvalue weighted by atomic mass is 16.5. The number of ether oxygens (including phenoxy) is 2. The molecule has 0 radical (unpaired) electrons. The number of aliphatic hydroxyl groups is 1. The maximum Gasteiger partial charge on any atom is 0.161 e. The van der Waals surface area contributed by atoms with Crippen LogP contribution in [-0.2, 0) is 5.41 Å². The maximum absolute atomic E-state index is 9.43. The minimum Gasteiger partial charge on any atom is -0.493 e. The fourth-order valence-corrected chi connectivity index (χ4v) is 1.59. The van der Waals surface area contributed by atoms with E-state index in [1.165, 1.54) is 0 Å². The molecule has 1 rings (SSSR count). The van der Waals surface area contributed by atoms with Gasteiger partial charge in [-0.3, -0.25) is 0 Å². The van der Waals surface area contributed by atoms with Crippen molar-refractivity contribution in [3.8, 4) is 11.5 Å². The van der Waals surface area contributed by atoms with Crippen LogP contribution < -0.4 is 15.2 Å². The lowest BCUT2D eigenvalue weighted by Gasteiger charge is -2.26. The van der Waals surface area contributed by atoms with Gasteiger partial charge in [-0.15, -0.1) is 0 Å². The molecule has 0 spiro atoms. The molecule has 0 fully saturated rings. The van der Waals surface area contributed by atoms with Crippen molar-refractivity contribution in [3.63, 3.8) is 0 Å². The van der Waals surface area contributed by atoms with Crippen LogP contribution in [0.3, 0.4) is 0 Å². The molecule has 0 aliphatic carbocycles. The van der Waals surface area contributed by atoms with Crippen molar-refractivity contribution < 1.29 is 14.6 Å². The summed E-state index contributed by atoms with van der Waals surface area (Å²) in [4.78, 5) is 0. The Kier molecular flexibility index (Phi) is 4.78. The van der Waals surface area contributed by atoms with Crippen LogP contribution in [0.25, 0.3) is 0 Å². The second kappa shape index (κ2) is 5.89. The van der Waals surface area contributed by atoms with Gasteiger partial charge in [-0.05, 0) is 24.6 Å². The Bertz CT molecular complexity index is 362. The summed E-state index contributed by atoms with van der Waals surface area (Å²) in [6, 6.07) is 5.62. The van der Waals surface area contributed by atoms with Gasteiger partial charge < -0.3 is 20.3 Å². The van der Waals surface area contributed by atoms with Crippen molar-refractivity contribution in [2.75, 3.05) is 26.9 Å². The number of nitrogens with two attached hydrogens (primary N) is 1. The van der Waals surface area contributed by atoms with Gasteiger partial charge >= 0.3 is 0 Å².